The molecule has 0 fully saturated rings. The molecule has 0 amide bonds. The van der Waals surface area contributed by atoms with Gasteiger partial charge in [0.05, 0.1) is 0 Å². The summed E-state index contributed by atoms with van der Waals surface area (Å²) in [4.78, 5) is 0. The summed E-state index contributed by atoms with van der Waals surface area (Å²) in [5, 5.41) is 7.88. The monoisotopic (exact) mass is 238 g/mol. The van der Waals surface area contributed by atoms with Gasteiger partial charge in [-0.15, -0.1) is 0 Å². The first-order valence-corrected chi connectivity index (χ1v) is 5.79. The summed E-state index contributed by atoms with van der Waals surface area (Å²) < 4.78 is 5.42. The van der Waals surface area contributed by atoms with Crippen molar-refractivity contribution in [3.8, 4) is 0 Å². The predicted molar refractivity (Wildman–Crippen MR) is 75.9 cm³/mol. The van der Waals surface area contributed by atoms with E-state index in [0.717, 1.165) is 16.6 Å². The normalized spacial score (nSPS) is 11.8. The van der Waals surface area contributed by atoms with Gasteiger partial charge in [0.15, 0.2) is 6.23 Å². The number of hydrogen-bond acceptors (Lipinski definition) is 3. The number of nitrogens with two attached hydrogens (primary N) is 1. The van der Waals surface area contributed by atoms with Crippen LogP contribution in [0.3, 0.4) is 0 Å². The number of ether oxygens (including phenoxy) is 1. The fraction of sp³-hybridized carbons (Fsp3) is 0.0714. The van der Waals surface area contributed by atoms with Gasteiger partial charge in [-0.25, -0.2) is 0 Å². The van der Waals surface area contributed by atoms with Gasteiger partial charge < -0.3 is 4.74 Å². The summed E-state index contributed by atoms with van der Waals surface area (Å²) in [5.74, 6) is 0.0892. The van der Waals surface area contributed by atoms with Gasteiger partial charge in [0.2, 0.25) is 5.90 Å². The Hall–Kier alpha value is -2.07. The van der Waals surface area contributed by atoms with E-state index in [-0.39, 0.29) is 5.90 Å². The Balaban J connectivity index is 2.06. The van der Waals surface area contributed by atoms with Crippen molar-refractivity contribution in [2.24, 2.45) is 5.73 Å². The summed E-state index contributed by atoms with van der Waals surface area (Å²) in [6.45, 7) is 0. The van der Waals surface area contributed by atoms with Gasteiger partial charge >= 0.3 is 0 Å². The Kier molecular flexibility index (Phi) is 3.80. The minimum atomic E-state index is -0.611. The smallest absolute Gasteiger partial charge is 0.215 e. The maximum atomic E-state index is 7.88. The van der Waals surface area contributed by atoms with Gasteiger partial charge in [0.1, 0.15) is 7.85 Å². The zero-order valence-electron chi connectivity index (χ0n) is 10.3. The summed E-state index contributed by atoms with van der Waals surface area (Å²) in [6, 6.07) is 17.1. The van der Waals surface area contributed by atoms with Crippen molar-refractivity contribution in [2.75, 3.05) is 0 Å². The summed E-state index contributed by atoms with van der Waals surface area (Å²) >= 11 is 0. The van der Waals surface area contributed by atoms with Crippen molar-refractivity contribution < 1.29 is 4.74 Å². The van der Waals surface area contributed by atoms with Gasteiger partial charge in [-0.2, -0.15) is 0 Å². The Labute approximate surface area is 108 Å². The Bertz CT molecular complexity index is 525. The average molecular weight is 238 g/mol. The number of rotatable bonds is 3. The molecular weight excluding hydrogens is 223 g/mol. The second-order valence-electron chi connectivity index (χ2n) is 4.14. The van der Waals surface area contributed by atoms with Crippen LogP contribution in [0.4, 0.5) is 0 Å². The van der Waals surface area contributed by atoms with Crippen molar-refractivity contribution >= 4 is 19.2 Å². The third-order valence-electron chi connectivity index (χ3n) is 2.69. The maximum absolute atomic E-state index is 7.88. The zero-order valence-corrected chi connectivity index (χ0v) is 10.3. The van der Waals surface area contributed by atoms with Crippen LogP contribution >= 0.6 is 0 Å². The van der Waals surface area contributed by atoms with Crippen molar-refractivity contribution in [2.45, 2.75) is 6.23 Å². The molecule has 3 nitrogen and oxygen atoms in total. The van der Waals surface area contributed by atoms with Crippen LogP contribution in [-0.2, 0) is 4.74 Å². The molecule has 0 aliphatic rings. The molecule has 1 unspecified atom stereocenters. The molecule has 0 bridgehead atoms. The molecular formula is C14H15BN2O. The molecule has 0 aliphatic heterocycles. The van der Waals surface area contributed by atoms with E-state index in [4.69, 9.17) is 15.9 Å². The molecule has 0 aliphatic carbocycles. The summed E-state index contributed by atoms with van der Waals surface area (Å²) in [5.41, 5.74) is 8.64. The highest BCUT2D eigenvalue weighted by atomic mass is 16.5. The highest BCUT2D eigenvalue weighted by Gasteiger charge is 2.10. The van der Waals surface area contributed by atoms with Crippen LogP contribution in [-0.4, -0.2) is 13.7 Å². The predicted octanol–water partition coefficient (Wildman–Crippen LogP) is 0.944. The minimum absolute atomic E-state index is 0.0892. The van der Waals surface area contributed by atoms with E-state index in [1.807, 2.05) is 62.4 Å². The molecule has 2 aromatic rings. The Morgan fingerprint density at radius 1 is 1.06 bits per heavy atom. The van der Waals surface area contributed by atoms with Crippen molar-refractivity contribution in [1.82, 2.24) is 0 Å². The van der Waals surface area contributed by atoms with Gasteiger partial charge in [-0.1, -0.05) is 60.1 Å². The lowest BCUT2D eigenvalue weighted by Crippen LogP contribution is -2.19. The van der Waals surface area contributed by atoms with Crippen molar-refractivity contribution in [3.63, 3.8) is 0 Å². The lowest BCUT2D eigenvalue weighted by atomic mass is 9.95. The molecule has 2 aromatic carbocycles. The third-order valence-corrected chi connectivity index (χ3v) is 2.69. The van der Waals surface area contributed by atoms with E-state index in [1.54, 1.807) is 0 Å². The first-order valence-electron chi connectivity index (χ1n) is 5.79. The van der Waals surface area contributed by atoms with Crippen LogP contribution in [0.1, 0.15) is 17.4 Å². The molecule has 4 heteroatoms. The van der Waals surface area contributed by atoms with Crippen LogP contribution in [0.2, 0.25) is 0 Å². The second-order valence-corrected chi connectivity index (χ2v) is 4.14. The molecule has 0 saturated carbocycles. The van der Waals surface area contributed by atoms with E-state index >= 15 is 0 Å². The summed E-state index contributed by atoms with van der Waals surface area (Å²) in [6.07, 6.45) is -0.611. The van der Waals surface area contributed by atoms with Crippen LogP contribution in [0.5, 0.6) is 0 Å². The Morgan fingerprint density at radius 3 is 2.28 bits per heavy atom. The van der Waals surface area contributed by atoms with Gasteiger partial charge in [-0.3, -0.25) is 11.1 Å². The van der Waals surface area contributed by atoms with E-state index in [0.29, 0.717) is 0 Å². The maximum Gasteiger partial charge on any atom is 0.215 e. The minimum Gasteiger partial charge on any atom is -0.454 e. The van der Waals surface area contributed by atoms with Crippen molar-refractivity contribution in [3.05, 3.63) is 65.7 Å². The molecule has 0 saturated heterocycles. The molecule has 0 radical (unpaired) electrons. The average Bonchev–Trinajstić information content (AvgIpc) is 2.40. The highest BCUT2D eigenvalue weighted by molar-refractivity contribution is 6.32. The third kappa shape index (κ3) is 2.99. The van der Waals surface area contributed by atoms with Crippen LogP contribution in [0, 0.1) is 5.41 Å². The topological polar surface area (TPSA) is 59.1 Å². The fourth-order valence-corrected chi connectivity index (χ4v) is 1.61. The second kappa shape index (κ2) is 5.51. The molecule has 3 N–H and O–H groups in total. The summed E-state index contributed by atoms with van der Waals surface area (Å²) in [7, 11) is 2.00. The molecule has 0 heterocycles. The first-order chi connectivity index (χ1) is 8.66. The standard InChI is InChI=1S/C14H15BN2O/c15-12-8-6-11(7-9-12)14(17)18-13(16)10-4-2-1-3-5-10/h1-9,13,17H,15-16H2. The van der Waals surface area contributed by atoms with Crippen molar-refractivity contribution in [1.29, 1.82) is 5.41 Å². The number of nitrogens with one attached hydrogen (secondary N) is 1. The van der Waals surface area contributed by atoms with E-state index in [2.05, 4.69) is 0 Å². The zero-order chi connectivity index (χ0) is 13.0. The highest BCUT2D eigenvalue weighted by Crippen LogP contribution is 2.13. The number of hydrogen-bond donors (Lipinski definition) is 2. The first kappa shape index (κ1) is 12.4. The fourth-order valence-electron chi connectivity index (χ4n) is 1.61. The number of benzene rings is 2. The van der Waals surface area contributed by atoms with Crippen LogP contribution in [0.15, 0.2) is 54.6 Å². The quantitative estimate of drug-likeness (QED) is 0.362. The molecule has 90 valence electrons. The Morgan fingerprint density at radius 2 is 1.67 bits per heavy atom. The molecule has 1 atom stereocenters. The van der Waals surface area contributed by atoms with E-state index in [9.17, 15) is 0 Å². The van der Waals surface area contributed by atoms with Crippen LogP contribution in [0.25, 0.3) is 0 Å². The van der Waals surface area contributed by atoms with Crippen LogP contribution < -0.4 is 11.2 Å². The van der Waals surface area contributed by atoms with Gasteiger partial charge in [0, 0.05) is 11.1 Å². The molecule has 0 spiro atoms. The van der Waals surface area contributed by atoms with E-state index in [1.165, 1.54) is 0 Å². The SMILES string of the molecule is Bc1ccc(C(=N)OC(N)c2ccccc2)cc1. The van der Waals surface area contributed by atoms with E-state index < -0.39 is 6.23 Å². The molecule has 2 rings (SSSR count). The molecule has 18 heavy (non-hydrogen) atoms. The largest absolute Gasteiger partial charge is 0.454 e. The van der Waals surface area contributed by atoms with Gasteiger partial charge in [-0.05, 0) is 0 Å². The lowest BCUT2D eigenvalue weighted by Gasteiger charge is -2.15. The lowest BCUT2D eigenvalue weighted by molar-refractivity contribution is 0.199. The molecule has 0 aromatic heterocycles. The van der Waals surface area contributed by atoms with Gasteiger partial charge in [0.25, 0.3) is 0 Å².